The van der Waals surface area contributed by atoms with Crippen molar-refractivity contribution < 1.29 is 14.7 Å². The fourth-order valence-electron chi connectivity index (χ4n) is 1.36. The topological polar surface area (TPSA) is 92.4 Å². The minimum Gasteiger partial charge on any atom is -0.478 e. The molecule has 0 saturated heterocycles. The number of carboxylic acids is 1. The number of benzene rings is 1. The summed E-state index contributed by atoms with van der Waals surface area (Å²) in [6.07, 6.45) is 0.480. The summed E-state index contributed by atoms with van der Waals surface area (Å²) < 4.78 is 0. The van der Waals surface area contributed by atoms with Crippen molar-refractivity contribution >= 4 is 11.9 Å². The van der Waals surface area contributed by atoms with Gasteiger partial charge in [0.1, 0.15) is 0 Å². The molecule has 0 saturated carbocycles. The SMILES string of the molecule is NCC(=O)NCCc1ccccc1C(=O)O. The highest BCUT2D eigenvalue weighted by atomic mass is 16.4. The van der Waals surface area contributed by atoms with E-state index in [-0.39, 0.29) is 18.0 Å². The Hall–Kier alpha value is -1.88. The summed E-state index contributed by atoms with van der Waals surface area (Å²) in [5.74, 6) is -1.20. The number of nitrogens with two attached hydrogens (primary N) is 1. The van der Waals surface area contributed by atoms with E-state index >= 15 is 0 Å². The van der Waals surface area contributed by atoms with E-state index in [1.165, 1.54) is 0 Å². The first-order chi connectivity index (χ1) is 7.65. The van der Waals surface area contributed by atoms with Crippen molar-refractivity contribution in [1.82, 2.24) is 5.32 Å². The maximum atomic E-state index is 10.9. The summed E-state index contributed by atoms with van der Waals surface area (Å²) in [7, 11) is 0. The predicted octanol–water partition coefficient (Wildman–Crippen LogP) is 0.00220. The van der Waals surface area contributed by atoms with Crippen LogP contribution in [0.1, 0.15) is 15.9 Å². The normalized spacial score (nSPS) is 9.81. The van der Waals surface area contributed by atoms with Gasteiger partial charge in [-0.15, -0.1) is 0 Å². The molecule has 5 nitrogen and oxygen atoms in total. The number of hydrogen-bond acceptors (Lipinski definition) is 3. The van der Waals surface area contributed by atoms with E-state index in [1.54, 1.807) is 24.3 Å². The fourth-order valence-corrected chi connectivity index (χ4v) is 1.36. The molecule has 0 fully saturated rings. The Balaban J connectivity index is 2.60. The maximum Gasteiger partial charge on any atom is 0.335 e. The van der Waals surface area contributed by atoms with Crippen LogP contribution in [0, 0.1) is 0 Å². The smallest absolute Gasteiger partial charge is 0.335 e. The highest BCUT2D eigenvalue weighted by molar-refractivity contribution is 5.89. The van der Waals surface area contributed by atoms with Crippen LogP contribution in [0.5, 0.6) is 0 Å². The van der Waals surface area contributed by atoms with E-state index in [0.29, 0.717) is 18.5 Å². The van der Waals surface area contributed by atoms with Crippen LogP contribution in [-0.4, -0.2) is 30.1 Å². The van der Waals surface area contributed by atoms with Gasteiger partial charge < -0.3 is 16.2 Å². The number of hydrogen-bond donors (Lipinski definition) is 3. The molecule has 1 aromatic carbocycles. The monoisotopic (exact) mass is 222 g/mol. The Labute approximate surface area is 93.3 Å². The van der Waals surface area contributed by atoms with E-state index in [9.17, 15) is 9.59 Å². The second-order valence-corrected chi connectivity index (χ2v) is 3.27. The lowest BCUT2D eigenvalue weighted by Gasteiger charge is -2.06. The van der Waals surface area contributed by atoms with Gasteiger partial charge in [-0.1, -0.05) is 18.2 Å². The van der Waals surface area contributed by atoms with Gasteiger partial charge in [-0.05, 0) is 18.1 Å². The van der Waals surface area contributed by atoms with Crippen LogP contribution < -0.4 is 11.1 Å². The molecule has 0 aliphatic rings. The molecule has 0 spiro atoms. The highest BCUT2D eigenvalue weighted by Gasteiger charge is 2.08. The first-order valence-electron chi connectivity index (χ1n) is 4.93. The van der Waals surface area contributed by atoms with E-state index in [4.69, 9.17) is 10.8 Å². The summed E-state index contributed by atoms with van der Waals surface area (Å²) >= 11 is 0. The van der Waals surface area contributed by atoms with Gasteiger partial charge in [0, 0.05) is 6.54 Å². The first-order valence-corrected chi connectivity index (χ1v) is 4.93. The molecule has 0 atom stereocenters. The van der Waals surface area contributed by atoms with Crippen LogP contribution in [0.3, 0.4) is 0 Å². The van der Waals surface area contributed by atoms with E-state index in [0.717, 1.165) is 0 Å². The minimum absolute atomic E-state index is 0.0550. The molecule has 5 heteroatoms. The average Bonchev–Trinajstić information content (AvgIpc) is 2.29. The van der Waals surface area contributed by atoms with Crippen LogP contribution in [0.25, 0.3) is 0 Å². The summed E-state index contributed by atoms with van der Waals surface area (Å²) in [5.41, 5.74) is 6.09. The molecular formula is C11H14N2O3. The van der Waals surface area contributed by atoms with Crippen molar-refractivity contribution in [3.63, 3.8) is 0 Å². The number of carbonyl (C=O) groups excluding carboxylic acids is 1. The van der Waals surface area contributed by atoms with Crippen LogP contribution in [-0.2, 0) is 11.2 Å². The molecule has 1 aromatic rings. The number of carboxylic acid groups (broad SMARTS) is 1. The second-order valence-electron chi connectivity index (χ2n) is 3.27. The number of rotatable bonds is 5. The van der Waals surface area contributed by atoms with Crippen molar-refractivity contribution in [1.29, 1.82) is 0 Å². The average molecular weight is 222 g/mol. The number of amides is 1. The summed E-state index contributed by atoms with van der Waals surface area (Å²) in [4.78, 5) is 21.7. The second kappa shape index (κ2) is 5.87. The van der Waals surface area contributed by atoms with Gasteiger partial charge in [0.25, 0.3) is 0 Å². The fraction of sp³-hybridized carbons (Fsp3) is 0.273. The molecule has 0 heterocycles. The molecule has 0 radical (unpaired) electrons. The molecule has 4 N–H and O–H groups in total. The third-order valence-corrected chi connectivity index (χ3v) is 2.15. The zero-order chi connectivity index (χ0) is 12.0. The molecule has 1 amide bonds. The third kappa shape index (κ3) is 3.36. The molecule has 0 bridgehead atoms. The van der Waals surface area contributed by atoms with Crippen molar-refractivity contribution in [3.8, 4) is 0 Å². The molecule has 0 aromatic heterocycles. The summed E-state index contributed by atoms with van der Waals surface area (Å²) in [5, 5.41) is 11.5. The van der Waals surface area contributed by atoms with Crippen LogP contribution in [0.4, 0.5) is 0 Å². The first kappa shape index (κ1) is 12.2. The third-order valence-electron chi connectivity index (χ3n) is 2.15. The van der Waals surface area contributed by atoms with E-state index in [1.807, 2.05) is 0 Å². The van der Waals surface area contributed by atoms with Gasteiger partial charge in [-0.3, -0.25) is 4.79 Å². The molecule has 1 rings (SSSR count). The molecule has 0 aliphatic carbocycles. The number of carbonyl (C=O) groups is 2. The van der Waals surface area contributed by atoms with Crippen molar-refractivity contribution in [3.05, 3.63) is 35.4 Å². The van der Waals surface area contributed by atoms with Gasteiger partial charge in [-0.2, -0.15) is 0 Å². The lowest BCUT2D eigenvalue weighted by Crippen LogP contribution is -2.31. The van der Waals surface area contributed by atoms with Crippen molar-refractivity contribution in [2.75, 3.05) is 13.1 Å². The Bertz CT molecular complexity index is 391. The summed E-state index contributed by atoms with van der Waals surface area (Å²) in [6, 6.07) is 6.72. The van der Waals surface area contributed by atoms with Gasteiger partial charge in [0.15, 0.2) is 0 Å². The van der Waals surface area contributed by atoms with Gasteiger partial charge in [0.2, 0.25) is 5.91 Å². The summed E-state index contributed by atoms with van der Waals surface area (Å²) in [6.45, 7) is 0.334. The van der Waals surface area contributed by atoms with Gasteiger partial charge in [-0.25, -0.2) is 4.79 Å². The van der Waals surface area contributed by atoms with E-state index in [2.05, 4.69) is 5.32 Å². The minimum atomic E-state index is -0.958. The standard InChI is InChI=1S/C11H14N2O3/c12-7-10(14)13-6-5-8-3-1-2-4-9(8)11(15)16/h1-4H,5-7,12H2,(H,13,14)(H,15,16). The van der Waals surface area contributed by atoms with Gasteiger partial charge >= 0.3 is 5.97 Å². The van der Waals surface area contributed by atoms with Crippen molar-refractivity contribution in [2.45, 2.75) is 6.42 Å². The zero-order valence-electron chi connectivity index (χ0n) is 8.77. The lowest BCUT2D eigenvalue weighted by molar-refractivity contribution is -0.119. The number of nitrogens with one attached hydrogen (secondary N) is 1. The predicted molar refractivity (Wildman–Crippen MR) is 59.2 cm³/mol. The molecule has 86 valence electrons. The zero-order valence-corrected chi connectivity index (χ0v) is 8.77. The van der Waals surface area contributed by atoms with Crippen LogP contribution in [0.15, 0.2) is 24.3 Å². The molecule has 0 unspecified atom stereocenters. The number of aromatic carboxylic acids is 1. The molecule has 16 heavy (non-hydrogen) atoms. The Kier molecular flexibility index (Phi) is 4.47. The Morgan fingerprint density at radius 3 is 2.62 bits per heavy atom. The lowest BCUT2D eigenvalue weighted by atomic mass is 10.0. The van der Waals surface area contributed by atoms with E-state index < -0.39 is 5.97 Å². The van der Waals surface area contributed by atoms with Crippen LogP contribution in [0.2, 0.25) is 0 Å². The maximum absolute atomic E-state index is 10.9. The Morgan fingerprint density at radius 2 is 2.00 bits per heavy atom. The largest absolute Gasteiger partial charge is 0.478 e. The van der Waals surface area contributed by atoms with Gasteiger partial charge in [0.05, 0.1) is 12.1 Å². The van der Waals surface area contributed by atoms with Crippen LogP contribution >= 0.6 is 0 Å². The highest BCUT2D eigenvalue weighted by Crippen LogP contribution is 2.08. The Morgan fingerprint density at radius 1 is 1.31 bits per heavy atom. The quantitative estimate of drug-likeness (QED) is 0.654. The molecule has 0 aliphatic heterocycles. The molecular weight excluding hydrogens is 208 g/mol. The van der Waals surface area contributed by atoms with Crippen molar-refractivity contribution in [2.24, 2.45) is 5.73 Å².